The summed E-state index contributed by atoms with van der Waals surface area (Å²) in [5.41, 5.74) is -1.46. The fraction of sp³-hybridized carbons (Fsp3) is 0.737. The molecule has 24 heavy (non-hydrogen) atoms. The molecule has 4 heterocycles. The minimum Gasteiger partial charge on any atom is -0.458 e. The standard InChI is InChI=1S/C19H27NO3S/c21-18(23-16-13-20-10-8-14(16)9-11-20)19(22,17-7-4-12-24-17)15-5-2-1-3-6-15/h4,7,12,14-16,22H,1-3,5-6,8-11,13H2/t16-,19+/m0/s1. The van der Waals surface area contributed by atoms with E-state index in [1.165, 1.54) is 17.8 Å². The van der Waals surface area contributed by atoms with E-state index in [1.807, 2.05) is 17.5 Å². The van der Waals surface area contributed by atoms with Gasteiger partial charge in [0, 0.05) is 17.3 Å². The predicted octanol–water partition coefficient (Wildman–Crippen LogP) is 3.15. The molecule has 1 aromatic heterocycles. The van der Waals surface area contributed by atoms with Crippen molar-refractivity contribution in [3.63, 3.8) is 0 Å². The van der Waals surface area contributed by atoms with Crippen molar-refractivity contribution in [2.24, 2.45) is 11.8 Å². The summed E-state index contributed by atoms with van der Waals surface area (Å²) in [5.74, 6) is 0.0481. The molecule has 5 heteroatoms. The van der Waals surface area contributed by atoms with Crippen LogP contribution in [0.5, 0.6) is 0 Å². The van der Waals surface area contributed by atoms with E-state index in [0.717, 1.165) is 63.0 Å². The molecule has 0 amide bonds. The summed E-state index contributed by atoms with van der Waals surface area (Å²) in [6.45, 7) is 3.08. The molecule has 1 N–H and O–H groups in total. The van der Waals surface area contributed by atoms with Crippen molar-refractivity contribution in [1.29, 1.82) is 0 Å². The van der Waals surface area contributed by atoms with Crippen molar-refractivity contribution < 1.29 is 14.6 Å². The zero-order chi connectivity index (χ0) is 16.6. The van der Waals surface area contributed by atoms with Crippen LogP contribution in [0.15, 0.2) is 17.5 Å². The zero-order valence-corrected chi connectivity index (χ0v) is 15.0. The molecule has 4 aliphatic rings. The first-order valence-corrected chi connectivity index (χ1v) is 10.3. The normalized spacial score (nSPS) is 33.1. The van der Waals surface area contributed by atoms with E-state index in [0.29, 0.717) is 5.92 Å². The fourth-order valence-corrected chi connectivity index (χ4v) is 5.65. The number of hydrogen-bond acceptors (Lipinski definition) is 5. The first-order valence-electron chi connectivity index (χ1n) is 9.37. The Balaban J connectivity index is 1.55. The summed E-state index contributed by atoms with van der Waals surface area (Å²) in [4.78, 5) is 16.3. The smallest absolute Gasteiger partial charge is 0.344 e. The first-order chi connectivity index (χ1) is 11.7. The average molecular weight is 349 g/mol. The third kappa shape index (κ3) is 2.91. The molecule has 0 radical (unpaired) electrons. The number of carbonyl (C=O) groups is 1. The maximum absolute atomic E-state index is 13.1. The monoisotopic (exact) mass is 349 g/mol. The molecule has 2 bridgehead atoms. The molecule has 0 spiro atoms. The van der Waals surface area contributed by atoms with Crippen LogP contribution in [-0.4, -0.2) is 41.7 Å². The van der Waals surface area contributed by atoms with Crippen molar-refractivity contribution in [1.82, 2.24) is 4.90 Å². The third-order valence-corrected chi connectivity index (χ3v) is 7.25. The molecule has 5 rings (SSSR count). The van der Waals surface area contributed by atoms with E-state index in [9.17, 15) is 9.90 Å². The predicted molar refractivity (Wildman–Crippen MR) is 93.8 cm³/mol. The third-order valence-electron chi connectivity index (χ3n) is 6.26. The summed E-state index contributed by atoms with van der Waals surface area (Å²) in [6, 6.07) is 3.80. The van der Waals surface area contributed by atoms with Gasteiger partial charge in [0.1, 0.15) is 6.10 Å². The van der Waals surface area contributed by atoms with Gasteiger partial charge in [0.2, 0.25) is 0 Å². The van der Waals surface area contributed by atoms with Gasteiger partial charge in [0.15, 0.2) is 5.60 Å². The van der Waals surface area contributed by atoms with Gasteiger partial charge in [0.05, 0.1) is 0 Å². The molecule has 0 unspecified atom stereocenters. The molecule has 3 aliphatic heterocycles. The largest absolute Gasteiger partial charge is 0.458 e. The van der Waals surface area contributed by atoms with E-state index in [-0.39, 0.29) is 12.0 Å². The maximum atomic E-state index is 13.1. The Kier molecular flexibility index (Phi) is 4.67. The number of nitrogens with zero attached hydrogens (tertiary/aromatic N) is 1. The van der Waals surface area contributed by atoms with E-state index in [2.05, 4.69) is 4.90 Å². The van der Waals surface area contributed by atoms with Crippen LogP contribution in [0.2, 0.25) is 0 Å². The molecule has 1 saturated carbocycles. The van der Waals surface area contributed by atoms with Crippen LogP contribution in [0.4, 0.5) is 0 Å². The van der Waals surface area contributed by atoms with Crippen molar-refractivity contribution in [2.45, 2.75) is 56.7 Å². The van der Waals surface area contributed by atoms with E-state index >= 15 is 0 Å². The van der Waals surface area contributed by atoms with Crippen LogP contribution in [0.3, 0.4) is 0 Å². The molecule has 4 fully saturated rings. The SMILES string of the molecule is O=C(O[C@H]1CN2CCC1CC2)[C@](O)(c1cccs1)C1CCCCC1. The van der Waals surface area contributed by atoms with Crippen molar-refractivity contribution in [2.75, 3.05) is 19.6 Å². The molecular weight excluding hydrogens is 322 g/mol. The van der Waals surface area contributed by atoms with Crippen LogP contribution in [0.1, 0.15) is 49.8 Å². The van der Waals surface area contributed by atoms with Gasteiger partial charge in [-0.2, -0.15) is 0 Å². The van der Waals surface area contributed by atoms with Gasteiger partial charge in [-0.05, 0) is 56.1 Å². The van der Waals surface area contributed by atoms with E-state index < -0.39 is 11.6 Å². The minimum atomic E-state index is -1.46. The number of esters is 1. The Morgan fingerprint density at radius 1 is 1.21 bits per heavy atom. The van der Waals surface area contributed by atoms with Gasteiger partial charge in [0.25, 0.3) is 0 Å². The van der Waals surface area contributed by atoms with Gasteiger partial charge < -0.3 is 9.84 Å². The maximum Gasteiger partial charge on any atom is 0.344 e. The van der Waals surface area contributed by atoms with Gasteiger partial charge in [-0.15, -0.1) is 11.3 Å². The van der Waals surface area contributed by atoms with Gasteiger partial charge in [-0.25, -0.2) is 4.79 Å². The van der Waals surface area contributed by atoms with E-state index in [4.69, 9.17) is 4.74 Å². The second kappa shape index (κ2) is 6.77. The summed E-state index contributed by atoms with van der Waals surface area (Å²) >= 11 is 1.47. The molecule has 3 saturated heterocycles. The number of carbonyl (C=O) groups excluding carboxylic acids is 1. The molecular formula is C19H27NO3S. The first kappa shape index (κ1) is 16.6. The molecule has 132 valence electrons. The van der Waals surface area contributed by atoms with Crippen molar-refractivity contribution in [3.8, 4) is 0 Å². The Labute approximate surface area is 147 Å². The number of rotatable bonds is 4. The number of hydrogen-bond donors (Lipinski definition) is 1. The van der Waals surface area contributed by atoms with Crippen molar-refractivity contribution >= 4 is 17.3 Å². The van der Waals surface area contributed by atoms with Gasteiger partial charge in [-0.3, -0.25) is 4.90 Å². The highest BCUT2D eigenvalue weighted by Crippen LogP contribution is 2.43. The highest BCUT2D eigenvalue weighted by Gasteiger charge is 2.49. The highest BCUT2D eigenvalue weighted by molar-refractivity contribution is 7.10. The summed E-state index contributed by atoms with van der Waals surface area (Å²) < 4.78 is 5.94. The second-order valence-electron chi connectivity index (χ2n) is 7.66. The Hall–Kier alpha value is -0.910. The lowest BCUT2D eigenvalue weighted by Crippen LogP contribution is -2.54. The van der Waals surface area contributed by atoms with Crippen LogP contribution in [-0.2, 0) is 15.1 Å². The second-order valence-corrected chi connectivity index (χ2v) is 8.61. The van der Waals surface area contributed by atoms with Crippen LogP contribution < -0.4 is 0 Å². The topological polar surface area (TPSA) is 49.8 Å². The Bertz CT molecular complexity index is 561. The number of ether oxygens (including phenoxy) is 1. The molecule has 1 aliphatic carbocycles. The number of aliphatic hydroxyl groups is 1. The number of thiophene rings is 1. The van der Waals surface area contributed by atoms with Gasteiger partial charge >= 0.3 is 5.97 Å². The number of piperidine rings is 3. The Morgan fingerprint density at radius 2 is 1.96 bits per heavy atom. The summed E-state index contributed by atoms with van der Waals surface area (Å²) in [6.07, 6.45) is 7.36. The Morgan fingerprint density at radius 3 is 2.54 bits per heavy atom. The number of fused-ring (bicyclic) bond motifs is 3. The molecule has 1 aromatic rings. The lowest BCUT2D eigenvalue weighted by molar-refractivity contribution is -0.189. The van der Waals surface area contributed by atoms with Gasteiger partial charge in [-0.1, -0.05) is 25.3 Å². The van der Waals surface area contributed by atoms with Crippen LogP contribution in [0, 0.1) is 11.8 Å². The van der Waals surface area contributed by atoms with E-state index in [1.54, 1.807) is 0 Å². The minimum absolute atomic E-state index is 0.0153. The molecule has 2 atom stereocenters. The lowest BCUT2D eigenvalue weighted by atomic mass is 9.76. The molecule has 0 aromatic carbocycles. The summed E-state index contributed by atoms with van der Waals surface area (Å²) in [5, 5.41) is 13.4. The quantitative estimate of drug-likeness (QED) is 0.849. The van der Waals surface area contributed by atoms with Crippen molar-refractivity contribution in [3.05, 3.63) is 22.4 Å². The molecule has 4 nitrogen and oxygen atoms in total. The lowest BCUT2D eigenvalue weighted by Gasteiger charge is -2.45. The highest BCUT2D eigenvalue weighted by atomic mass is 32.1. The summed E-state index contributed by atoms with van der Waals surface area (Å²) in [7, 11) is 0. The van der Waals surface area contributed by atoms with Crippen LogP contribution in [0.25, 0.3) is 0 Å². The van der Waals surface area contributed by atoms with Crippen LogP contribution >= 0.6 is 11.3 Å². The fourth-order valence-electron chi connectivity index (χ4n) is 4.76. The average Bonchev–Trinajstić information content (AvgIpc) is 3.18. The zero-order valence-electron chi connectivity index (χ0n) is 14.2.